The summed E-state index contributed by atoms with van der Waals surface area (Å²) in [5, 5.41) is 11.3. The predicted molar refractivity (Wildman–Crippen MR) is 58.4 cm³/mol. The second-order valence-electron chi connectivity index (χ2n) is 3.18. The molecule has 0 amide bonds. The van der Waals surface area contributed by atoms with Gasteiger partial charge in [-0.1, -0.05) is 36.3 Å². The van der Waals surface area contributed by atoms with E-state index in [0.717, 1.165) is 5.56 Å². The highest BCUT2D eigenvalue weighted by Gasteiger charge is 2.06. The van der Waals surface area contributed by atoms with Crippen LogP contribution in [0.15, 0.2) is 30.3 Å². The minimum atomic E-state index is -0.900. The first kappa shape index (κ1) is 11.3. The topological polar surface area (TPSA) is 49.3 Å². The van der Waals surface area contributed by atoms with Crippen LogP contribution in [0.2, 0.25) is 0 Å². The van der Waals surface area contributed by atoms with Crippen LogP contribution in [-0.4, -0.2) is 23.7 Å². The van der Waals surface area contributed by atoms with E-state index in [-0.39, 0.29) is 12.6 Å². The molecule has 3 nitrogen and oxygen atoms in total. The smallest absolute Gasteiger partial charge is 0.317 e. The maximum atomic E-state index is 10.3. The SMILES string of the molecule is C#CC(Cc1ccccc1)NCC(=O)O. The van der Waals surface area contributed by atoms with E-state index in [9.17, 15) is 4.79 Å². The monoisotopic (exact) mass is 203 g/mol. The fourth-order valence-electron chi connectivity index (χ4n) is 1.25. The van der Waals surface area contributed by atoms with E-state index in [0.29, 0.717) is 6.42 Å². The van der Waals surface area contributed by atoms with E-state index in [1.807, 2.05) is 30.3 Å². The molecule has 0 heterocycles. The van der Waals surface area contributed by atoms with Gasteiger partial charge in [0, 0.05) is 0 Å². The summed E-state index contributed by atoms with van der Waals surface area (Å²) in [5.74, 6) is 1.63. The van der Waals surface area contributed by atoms with Gasteiger partial charge < -0.3 is 5.11 Å². The molecular weight excluding hydrogens is 190 g/mol. The zero-order chi connectivity index (χ0) is 11.1. The van der Waals surface area contributed by atoms with E-state index in [2.05, 4.69) is 11.2 Å². The quantitative estimate of drug-likeness (QED) is 0.699. The van der Waals surface area contributed by atoms with Gasteiger partial charge in [0.15, 0.2) is 0 Å². The van der Waals surface area contributed by atoms with Crippen LogP contribution >= 0.6 is 0 Å². The lowest BCUT2D eigenvalue weighted by Crippen LogP contribution is -2.34. The van der Waals surface area contributed by atoms with Crippen LogP contribution in [0.3, 0.4) is 0 Å². The van der Waals surface area contributed by atoms with Crippen molar-refractivity contribution in [1.82, 2.24) is 5.32 Å². The minimum Gasteiger partial charge on any atom is -0.480 e. The van der Waals surface area contributed by atoms with Crippen LogP contribution in [-0.2, 0) is 11.2 Å². The zero-order valence-corrected chi connectivity index (χ0v) is 8.31. The van der Waals surface area contributed by atoms with Gasteiger partial charge >= 0.3 is 5.97 Å². The molecule has 1 unspecified atom stereocenters. The molecule has 0 fully saturated rings. The lowest BCUT2D eigenvalue weighted by molar-refractivity contribution is -0.136. The van der Waals surface area contributed by atoms with Crippen LogP contribution in [0.5, 0.6) is 0 Å². The molecule has 1 aromatic carbocycles. The number of rotatable bonds is 5. The summed E-state index contributed by atoms with van der Waals surface area (Å²) < 4.78 is 0. The predicted octanol–water partition coefficient (Wildman–Crippen LogP) is 0.905. The Morgan fingerprint density at radius 2 is 2.13 bits per heavy atom. The van der Waals surface area contributed by atoms with E-state index in [1.54, 1.807) is 0 Å². The van der Waals surface area contributed by atoms with Crippen LogP contribution < -0.4 is 5.32 Å². The first-order chi connectivity index (χ1) is 7.22. The molecule has 0 radical (unpaired) electrons. The molecular formula is C12H13NO2. The number of aliphatic carboxylic acids is 1. The van der Waals surface area contributed by atoms with Gasteiger partial charge in [0.05, 0.1) is 12.6 Å². The summed E-state index contributed by atoms with van der Waals surface area (Å²) >= 11 is 0. The van der Waals surface area contributed by atoms with Gasteiger partial charge in [0.1, 0.15) is 0 Å². The number of nitrogens with one attached hydrogen (secondary N) is 1. The van der Waals surface area contributed by atoms with Gasteiger partial charge in [-0.25, -0.2) is 0 Å². The Morgan fingerprint density at radius 1 is 1.47 bits per heavy atom. The van der Waals surface area contributed by atoms with Crippen molar-refractivity contribution < 1.29 is 9.90 Å². The van der Waals surface area contributed by atoms with E-state index in [1.165, 1.54) is 0 Å². The third kappa shape index (κ3) is 4.30. The van der Waals surface area contributed by atoms with E-state index in [4.69, 9.17) is 11.5 Å². The number of carboxylic acid groups (broad SMARTS) is 1. The molecule has 2 N–H and O–H groups in total. The molecule has 0 saturated heterocycles. The molecule has 1 aromatic rings. The van der Waals surface area contributed by atoms with Crippen LogP contribution in [0.1, 0.15) is 5.56 Å². The Morgan fingerprint density at radius 3 is 2.67 bits per heavy atom. The molecule has 15 heavy (non-hydrogen) atoms. The second kappa shape index (κ2) is 5.84. The van der Waals surface area contributed by atoms with Gasteiger partial charge in [0.25, 0.3) is 0 Å². The van der Waals surface area contributed by atoms with E-state index >= 15 is 0 Å². The average molecular weight is 203 g/mol. The largest absolute Gasteiger partial charge is 0.480 e. The molecule has 0 aliphatic rings. The summed E-state index contributed by atoms with van der Waals surface area (Å²) in [5.41, 5.74) is 1.10. The van der Waals surface area contributed by atoms with Crippen molar-refractivity contribution in [3.8, 4) is 12.3 Å². The molecule has 0 aliphatic heterocycles. The molecule has 0 aromatic heterocycles. The Labute approximate surface area is 89.1 Å². The highest BCUT2D eigenvalue weighted by molar-refractivity contribution is 5.69. The third-order valence-electron chi connectivity index (χ3n) is 1.98. The van der Waals surface area contributed by atoms with Crippen molar-refractivity contribution in [2.45, 2.75) is 12.5 Å². The molecule has 78 valence electrons. The number of carboxylic acids is 1. The fraction of sp³-hybridized carbons (Fsp3) is 0.250. The highest BCUT2D eigenvalue weighted by atomic mass is 16.4. The minimum absolute atomic E-state index is 0.109. The molecule has 0 aliphatic carbocycles. The van der Waals surface area contributed by atoms with Crippen LogP contribution in [0.4, 0.5) is 0 Å². The molecule has 1 atom stereocenters. The number of benzene rings is 1. The van der Waals surface area contributed by atoms with E-state index < -0.39 is 5.97 Å². The van der Waals surface area contributed by atoms with Gasteiger partial charge in [-0.3, -0.25) is 10.1 Å². The van der Waals surface area contributed by atoms with Gasteiger partial charge in [-0.05, 0) is 12.0 Å². The summed E-state index contributed by atoms with van der Waals surface area (Å²) in [6, 6.07) is 9.49. The molecule has 0 bridgehead atoms. The first-order valence-electron chi connectivity index (χ1n) is 4.67. The van der Waals surface area contributed by atoms with Crippen molar-refractivity contribution in [3.63, 3.8) is 0 Å². The standard InChI is InChI=1S/C12H13NO2/c1-2-11(13-9-12(14)15)8-10-6-4-3-5-7-10/h1,3-7,11,13H,8-9H2,(H,14,15). The lowest BCUT2D eigenvalue weighted by Gasteiger charge is -2.10. The van der Waals surface area contributed by atoms with Crippen LogP contribution in [0, 0.1) is 12.3 Å². The lowest BCUT2D eigenvalue weighted by atomic mass is 10.1. The average Bonchev–Trinajstić information content (AvgIpc) is 2.25. The normalized spacial score (nSPS) is 11.7. The Hall–Kier alpha value is -1.79. The van der Waals surface area contributed by atoms with Gasteiger partial charge in [-0.2, -0.15) is 0 Å². The number of terminal acetylenes is 1. The maximum Gasteiger partial charge on any atom is 0.317 e. The van der Waals surface area contributed by atoms with Gasteiger partial charge in [0.2, 0.25) is 0 Å². The van der Waals surface area contributed by atoms with Crippen LogP contribution in [0.25, 0.3) is 0 Å². The fourth-order valence-corrected chi connectivity index (χ4v) is 1.25. The Bertz CT molecular complexity index is 354. The zero-order valence-electron chi connectivity index (χ0n) is 8.31. The van der Waals surface area contributed by atoms with Crippen molar-refractivity contribution in [2.75, 3.05) is 6.54 Å². The van der Waals surface area contributed by atoms with Crippen molar-refractivity contribution in [2.24, 2.45) is 0 Å². The number of carbonyl (C=O) groups is 1. The molecule has 1 rings (SSSR count). The summed E-state index contributed by atoms with van der Waals surface area (Å²) in [7, 11) is 0. The summed E-state index contributed by atoms with van der Waals surface area (Å²) in [4.78, 5) is 10.3. The van der Waals surface area contributed by atoms with Crippen molar-refractivity contribution in [1.29, 1.82) is 0 Å². The third-order valence-corrected chi connectivity index (χ3v) is 1.98. The highest BCUT2D eigenvalue weighted by Crippen LogP contribution is 2.02. The molecule has 0 saturated carbocycles. The Balaban J connectivity index is 2.48. The number of hydrogen-bond donors (Lipinski definition) is 2. The second-order valence-corrected chi connectivity index (χ2v) is 3.18. The summed E-state index contributed by atoms with van der Waals surface area (Å²) in [6.45, 7) is -0.109. The van der Waals surface area contributed by atoms with Crippen molar-refractivity contribution in [3.05, 3.63) is 35.9 Å². The Kier molecular flexibility index (Phi) is 4.39. The van der Waals surface area contributed by atoms with Crippen molar-refractivity contribution >= 4 is 5.97 Å². The number of hydrogen-bond acceptors (Lipinski definition) is 2. The molecule has 3 heteroatoms. The molecule has 0 spiro atoms. The first-order valence-corrected chi connectivity index (χ1v) is 4.67. The summed E-state index contributed by atoms with van der Waals surface area (Å²) in [6.07, 6.45) is 5.94. The maximum absolute atomic E-state index is 10.3. The van der Waals surface area contributed by atoms with Gasteiger partial charge in [-0.15, -0.1) is 6.42 Å².